The summed E-state index contributed by atoms with van der Waals surface area (Å²) in [6.07, 6.45) is 1.04. The Balaban J connectivity index is 1.85. The molecule has 3 nitrogen and oxygen atoms in total. The number of rotatable bonds is 4. The first-order valence-electron chi connectivity index (χ1n) is 6.35. The average Bonchev–Trinajstić information content (AvgIpc) is 2.46. The van der Waals surface area contributed by atoms with Gasteiger partial charge in [-0.05, 0) is 54.5 Å². The fraction of sp³-hybridized carbons (Fsp3) is 0.133. The summed E-state index contributed by atoms with van der Waals surface area (Å²) in [6.45, 7) is 2.14. The van der Waals surface area contributed by atoms with Gasteiger partial charge in [-0.2, -0.15) is 0 Å². The van der Waals surface area contributed by atoms with E-state index in [0.29, 0.717) is 5.11 Å². The van der Waals surface area contributed by atoms with Crippen LogP contribution in [0.2, 0.25) is 0 Å². The summed E-state index contributed by atoms with van der Waals surface area (Å²) in [5.41, 5.74) is 9.21. The molecule has 2 rings (SSSR count). The largest absolute Gasteiger partial charge is 0.331 e. The van der Waals surface area contributed by atoms with Gasteiger partial charge in [-0.3, -0.25) is 10.9 Å². The van der Waals surface area contributed by atoms with Crippen LogP contribution in [0.3, 0.4) is 0 Å². The van der Waals surface area contributed by atoms with Crippen LogP contribution in [-0.4, -0.2) is 5.11 Å². The van der Waals surface area contributed by atoms with Gasteiger partial charge in [0.25, 0.3) is 0 Å². The summed E-state index contributed by atoms with van der Waals surface area (Å²) in [4.78, 5) is 0. The lowest BCUT2D eigenvalue weighted by molar-refractivity contribution is 1.13. The van der Waals surface area contributed by atoms with Gasteiger partial charge in [0.2, 0.25) is 0 Å². The van der Waals surface area contributed by atoms with Crippen LogP contribution in [0.1, 0.15) is 12.5 Å². The lowest BCUT2D eigenvalue weighted by Gasteiger charge is -2.13. The number of hydrogen-bond acceptors (Lipinski definition) is 2. The third-order valence-corrected chi connectivity index (χ3v) is 3.46. The Morgan fingerprint density at radius 1 is 1.10 bits per heavy atom. The molecule has 0 aliphatic heterocycles. The molecule has 0 heterocycles. The van der Waals surface area contributed by atoms with E-state index in [1.807, 2.05) is 36.4 Å². The van der Waals surface area contributed by atoms with E-state index < -0.39 is 0 Å². The molecule has 0 unspecified atom stereocenters. The molecule has 5 heteroatoms. The fourth-order valence-electron chi connectivity index (χ4n) is 1.68. The highest BCUT2D eigenvalue weighted by Gasteiger charge is 1.98. The monoisotopic (exact) mass is 349 g/mol. The molecule has 0 bridgehead atoms. The van der Waals surface area contributed by atoms with Crippen molar-refractivity contribution in [3.8, 4) is 0 Å². The minimum atomic E-state index is 0.522. The highest BCUT2D eigenvalue weighted by atomic mass is 79.9. The lowest BCUT2D eigenvalue weighted by atomic mass is 10.1. The summed E-state index contributed by atoms with van der Waals surface area (Å²) in [6, 6.07) is 16.1. The summed E-state index contributed by atoms with van der Waals surface area (Å²) >= 11 is 8.65. The number of anilines is 2. The van der Waals surface area contributed by atoms with Gasteiger partial charge in [0, 0.05) is 10.2 Å². The lowest BCUT2D eigenvalue weighted by Crippen LogP contribution is -2.33. The average molecular weight is 350 g/mol. The van der Waals surface area contributed by atoms with Crippen molar-refractivity contribution >= 4 is 44.6 Å². The Labute approximate surface area is 132 Å². The van der Waals surface area contributed by atoms with Crippen LogP contribution in [0.5, 0.6) is 0 Å². The predicted octanol–water partition coefficient (Wildman–Crippen LogP) is 4.33. The van der Waals surface area contributed by atoms with Gasteiger partial charge in [0.05, 0.1) is 5.69 Å². The third kappa shape index (κ3) is 4.51. The first-order valence-corrected chi connectivity index (χ1v) is 7.55. The molecule has 3 N–H and O–H groups in total. The molecule has 0 spiro atoms. The Bertz CT molecular complexity index is 584. The van der Waals surface area contributed by atoms with Gasteiger partial charge in [0.1, 0.15) is 0 Å². The second-order valence-corrected chi connectivity index (χ2v) is 5.59. The molecule has 0 atom stereocenters. The summed E-state index contributed by atoms with van der Waals surface area (Å²) in [7, 11) is 0. The first kappa shape index (κ1) is 14.8. The summed E-state index contributed by atoms with van der Waals surface area (Å²) < 4.78 is 1.01. The first-order chi connectivity index (χ1) is 9.67. The Morgan fingerprint density at radius 3 is 2.50 bits per heavy atom. The topological polar surface area (TPSA) is 36.1 Å². The summed E-state index contributed by atoms with van der Waals surface area (Å²) in [5.74, 6) is 0. The molecule has 0 radical (unpaired) electrons. The van der Waals surface area contributed by atoms with Gasteiger partial charge < -0.3 is 5.32 Å². The van der Waals surface area contributed by atoms with Crippen molar-refractivity contribution in [2.75, 3.05) is 10.7 Å². The zero-order valence-corrected chi connectivity index (χ0v) is 13.5. The van der Waals surface area contributed by atoms with E-state index in [4.69, 9.17) is 12.2 Å². The molecule has 0 saturated carbocycles. The van der Waals surface area contributed by atoms with Gasteiger partial charge in [-0.15, -0.1) is 0 Å². The quantitative estimate of drug-likeness (QED) is 0.567. The zero-order valence-electron chi connectivity index (χ0n) is 11.1. The maximum Gasteiger partial charge on any atom is 0.189 e. The smallest absolute Gasteiger partial charge is 0.189 e. The molecule has 20 heavy (non-hydrogen) atoms. The third-order valence-electron chi connectivity index (χ3n) is 2.77. The second-order valence-electron chi connectivity index (χ2n) is 4.26. The van der Waals surface area contributed by atoms with E-state index in [0.717, 1.165) is 22.3 Å². The Morgan fingerprint density at radius 2 is 1.85 bits per heavy atom. The Kier molecular flexibility index (Phi) is 5.38. The van der Waals surface area contributed by atoms with Crippen LogP contribution in [0.4, 0.5) is 11.4 Å². The fourth-order valence-corrected chi connectivity index (χ4v) is 2.25. The highest BCUT2D eigenvalue weighted by Crippen LogP contribution is 2.15. The van der Waals surface area contributed by atoms with E-state index in [1.165, 1.54) is 5.56 Å². The van der Waals surface area contributed by atoms with Crippen LogP contribution in [-0.2, 0) is 6.42 Å². The SMILES string of the molecule is CCc1ccc(NC(=S)NNc2cccc(Br)c2)cc1. The number of benzene rings is 2. The molecular formula is C15H16BrN3S. The summed E-state index contributed by atoms with van der Waals surface area (Å²) in [5, 5.41) is 3.65. The molecular weight excluding hydrogens is 334 g/mol. The van der Waals surface area contributed by atoms with Crippen LogP contribution in [0.15, 0.2) is 53.0 Å². The normalized spacial score (nSPS) is 9.90. The molecule has 0 amide bonds. The number of halogens is 1. The molecule has 0 aliphatic carbocycles. The molecule has 104 valence electrons. The van der Waals surface area contributed by atoms with Crippen molar-refractivity contribution in [3.05, 3.63) is 58.6 Å². The highest BCUT2D eigenvalue weighted by molar-refractivity contribution is 9.10. The van der Waals surface area contributed by atoms with Crippen molar-refractivity contribution < 1.29 is 0 Å². The van der Waals surface area contributed by atoms with E-state index in [1.54, 1.807) is 0 Å². The van der Waals surface area contributed by atoms with Gasteiger partial charge >= 0.3 is 0 Å². The van der Waals surface area contributed by atoms with Crippen molar-refractivity contribution in [2.45, 2.75) is 13.3 Å². The number of thiocarbonyl (C=S) groups is 1. The number of hydrogen-bond donors (Lipinski definition) is 3. The van der Waals surface area contributed by atoms with Crippen molar-refractivity contribution in [1.82, 2.24) is 5.43 Å². The second kappa shape index (κ2) is 7.26. The van der Waals surface area contributed by atoms with Gasteiger partial charge in [-0.25, -0.2) is 0 Å². The van der Waals surface area contributed by atoms with Crippen LogP contribution < -0.4 is 16.2 Å². The van der Waals surface area contributed by atoms with Crippen molar-refractivity contribution in [1.29, 1.82) is 0 Å². The van der Waals surface area contributed by atoms with Crippen molar-refractivity contribution in [3.63, 3.8) is 0 Å². The van der Waals surface area contributed by atoms with Crippen molar-refractivity contribution in [2.24, 2.45) is 0 Å². The van der Waals surface area contributed by atoms with Crippen LogP contribution >= 0.6 is 28.1 Å². The van der Waals surface area contributed by atoms with E-state index in [9.17, 15) is 0 Å². The maximum atomic E-state index is 5.23. The van der Waals surface area contributed by atoms with E-state index in [2.05, 4.69) is 51.2 Å². The van der Waals surface area contributed by atoms with Crippen LogP contribution in [0, 0.1) is 0 Å². The molecule has 0 aromatic heterocycles. The molecule has 0 fully saturated rings. The number of nitrogens with one attached hydrogen (secondary N) is 3. The number of hydrazine groups is 1. The standard InChI is InChI=1S/C15H16BrN3S/c1-2-11-6-8-13(9-7-11)17-15(20)19-18-14-5-3-4-12(16)10-14/h3-10,18H,2H2,1H3,(H2,17,19,20). The van der Waals surface area contributed by atoms with E-state index in [-0.39, 0.29) is 0 Å². The molecule has 0 aliphatic rings. The molecule has 0 saturated heterocycles. The molecule has 2 aromatic carbocycles. The Hall–Kier alpha value is -1.59. The number of aryl methyl sites for hydroxylation is 1. The van der Waals surface area contributed by atoms with Crippen LogP contribution in [0.25, 0.3) is 0 Å². The van der Waals surface area contributed by atoms with Gasteiger partial charge in [0.15, 0.2) is 5.11 Å². The maximum absolute atomic E-state index is 5.23. The molecule has 2 aromatic rings. The minimum Gasteiger partial charge on any atom is -0.331 e. The van der Waals surface area contributed by atoms with E-state index >= 15 is 0 Å². The van der Waals surface area contributed by atoms with Gasteiger partial charge in [-0.1, -0.05) is 41.1 Å². The predicted molar refractivity (Wildman–Crippen MR) is 92.9 cm³/mol. The zero-order chi connectivity index (χ0) is 14.4. The minimum absolute atomic E-state index is 0.522.